The van der Waals surface area contributed by atoms with Gasteiger partial charge < -0.3 is 5.11 Å². The lowest BCUT2D eigenvalue weighted by Gasteiger charge is -1.93. The topological polar surface area (TPSA) is 63.1 Å². The molecule has 0 bridgehead atoms. The average molecular weight is 201 g/mol. The van der Waals surface area contributed by atoms with Crippen LogP contribution in [0.15, 0.2) is 18.6 Å². The minimum atomic E-state index is -0.731. The standard InChI is InChI=1S/C8H8N2O2.ClH/c11-8(12)6-3-5(6)7-4-9-1-2-10-7;/h1-2,4-6H,3H2,(H,11,12);1H. The van der Waals surface area contributed by atoms with Gasteiger partial charge in [-0.2, -0.15) is 0 Å². The molecule has 1 aromatic rings. The number of aliphatic carboxylic acids is 1. The van der Waals surface area contributed by atoms with Crippen LogP contribution < -0.4 is 0 Å². The second-order valence-corrected chi connectivity index (χ2v) is 2.92. The molecule has 1 fully saturated rings. The number of hydrogen-bond donors (Lipinski definition) is 1. The summed E-state index contributed by atoms with van der Waals surface area (Å²) in [7, 11) is 0. The van der Waals surface area contributed by atoms with E-state index in [1.165, 1.54) is 0 Å². The van der Waals surface area contributed by atoms with Gasteiger partial charge in [-0.3, -0.25) is 14.8 Å². The molecule has 1 saturated carbocycles. The van der Waals surface area contributed by atoms with Gasteiger partial charge in [-0.1, -0.05) is 0 Å². The minimum absolute atomic E-state index is 0. The van der Waals surface area contributed by atoms with E-state index in [-0.39, 0.29) is 24.2 Å². The Kier molecular flexibility index (Phi) is 2.83. The van der Waals surface area contributed by atoms with Crippen molar-refractivity contribution in [2.45, 2.75) is 12.3 Å². The molecule has 1 aliphatic carbocycles. The number of carboxylic acids is 1. The Morgan fingerprint density at radius 1 is 1.54 bits per heavy atom. The Labute approximate surface area is 81.4 Å². The minimum Gasteiger partial charge on any atom is -0.481 e. The molecule has 1 N–H and O–H groups in total. The fraction of sp³-hybridized carbons (Fsp3) is 0.375. The Bertz CT molecular complexity index is 304. The van der Waals surface area contributed by atoms with E-state index in [1.807, 2.05) is 0 Å². The van der Waals surface area contributed by atoms with E-state index in [9.17, 15) is 4.79 Å². The molecule has 13 heavy (non-hydrogen) atoms. The zero-order valence-electron chi connectivity index (χ0n) is 6.75. The molecule has 4 nitrogen and oxygen atoms in total. The molecule has 1 aromatic heterocycles. The first kappa shape index (κ1) is 9.92. The van der Waals surface area contributed by atoms with Crippen molar-refractivity contribution in [2.75, 3.05) is 0 Å². The third-order valence-corrected chi connectivity index (χ3v) is 2.07. The van der Waals surface area contributed by atoms with Crippen LogP contribution in [-0.2, 0) is 4.79 Å². The van der Waals surface area contributed by atoms with Crippen LogP contribution in [0.5, 0.6) is 0 Å². The second-order valence-electron chi connectivity index (χ2n) is 2.92. The number of aromatic nitrogens is 2. The average Bonchev–Trinajstić information content (AvgIpc) is 2.84. The molecule has 0 saturated heterocycles. The van der Waals surface area contributed by atoms with Crippen molar-refractivity contribution >= 4 is 18.4 Å². The van der Waals surface area contributed by atoms with Gasteiger partial charge in [0.2, 0.25) is 0 Å². The first-order valence-corrected chi connectivity index (χ1v) is 3.78. The fourth-order valence-corrected chi connectivity index (χ4v) is 1.30. The van der Waals surface area contributed by atoms with Gasteiger partial charge in [0.05, 0.1) is 11.6 Å². The summed E-state index contributed by atoms with van der Waals surface area (Å²) in [5, 5.41) is 8.64. The lowest BCUT2D eigenvalue weighted by Crippen LogP contribution is -1.99. The van der Waals surface area contributed by atoms with Crippen LogP contribution in [0.3, 0.4) is 0 Å². The zero-order valence-corrected chi connectivity index (χ0v) is 7.57. The molecule has 0 aromatic carbocycles. The van der Waals surface area contributed by atoms with Crippen LogP contribution in [0, 0.1) is 5.92 Å². The molecule has 2 rings (SSSR count). The number of carbonyl (C=O) groups is 1. The number of rotatable bonds is 2. The van der Waals surface area contributed by atoms with Crippen LogP contribution >= 0.6 is 12.4 Å². The maximum absolute atomic E-state index is 10.5. The molecule has 0 spiro atoms. The highest BCUT2D eigenvalue weighted by Gasteiger charge is 2.45. The second kappa shape index (κ2) is 3.70. The Morgan fingerprint density at radius 2 is 2.31 bits per heavy atom. The molecule has 0 radical (unpaired) electrons. The summed E-state index contributed by atoms with van der Waals surface area (Å²) in [6, 6.07) is 0. The number of hydrogen-bond acceptors (Lipinski definition) is 3. The molecule has 70 valence electrons. The zero-order chi connectivity index (χ0) is 8.55. The lowest BCUT2D eigenvalue weighted by atomic mass is 10.2. The maximum atomic E-state index is 10.5. The van der Waals surface area contributed by atoms with E-state index in [4.69, 9.17) is 5.11 Å². The molecule has 2 atom stereocenters. The van der Waals surface area contributed by atoms with Gasteiger partial charge in [0.1, 0.15) is 0 Å². The van der Waals surface area contributed by atoms with Crippen LogP contribution in [0.25, 0.3) is 0 Å². The van der Waals surface area contributed by atoms with Crippen molar-refractivity contribution in [1.29, 1.82) is 0 Å². The smallest absolute Gasteiger partial charge is 0.307 e. The first-order valence-electron chi connectivity index (χ1n) is 3.78. The van der Waals surface area contributed by atoms with Gasteiger partial charge >= 0.3 is 5.97 Å². The van der Waals surface area contributed by atoms with E-state index < -0.39 is 5.97 Å². The van der Waals surface area contributed by atoms with Gasteiger partial charge in [0.15, 0.2) is 0 Å². The Balaban J connectivity index is 0.000000845. The number of nitrogens with zero attached hydrogens (tertiary/aromatic N) is 2. The number of carboxylic acid groups (broad SMARTS) is 1. The molecule has 0 amide bonds. The molecule has 2 unspecified atom stereocenters. The molecule has 0 aliphatic heterocycles. The van der Waals surface area contributed by atoms with Crippen molar-refractivity contribution in [1.82, 2.24) is 9.97 Å². The highest BCUT2D eigenvalue weighted by atomic mass is 35.5. The summed E-state index contributed by atoms with van der Waals surface area (Å²) >= 11 is 0. The summed E-state index contributed by atoms with van der Waals surface area (Å²) in [5.74, 6) is -0.872. The Hall–Kier alpha value is -1.16. The van der Waals surface area contributed by atoms with Gasteiger partial charge in [-0.05, 0) is 6.42 Å². The van der Waals surface area contributed by atoms with Gasteiger partial charge in [-0.15, -0.1) is 12.4 Å². The van der Waals surface area contributed by atoms with Gasteiger partial charge in [0.25, 0.3) is 0 Å². The molecule has 5 heteroatoms. The molecular weight excluding hydrogens is 192 g/mol. The van der Waals surface area contributed by atoms with Crippen molar-refractivity contribution in [2.24, 2.45) is 5.92 Å². The largest absolute Gasteiger partial charge is 0.481 e. The van der Waals surface area contributed by atoms with Crippen LogP contribution in [0.2, 0.25) is 0 Å². The normalized spacial score (nSPS) is 24.6. The highest BCUT2D eigenvalue weighted by molar-refractivity contribution is 5.85. The molecule has 1 heterocycles. The highest BCUT2D eigenvalue weighted by Crippen LogP contribution is 2.46. The SMILES string of the molecule is Cl.O=C(O)C1CC1c1cnccn1. The summed E-state index contributed by atoms with van der Waals surface area (Å²) in [5.41, 5.74) is 0.796. The van der Waals surface area contributed by atoms with Crippen molar-refractivity contribution in [3.05, 3.63) is 24.3 Å². The lowest BCUT2D eigenvalue weighted by molar-refractivity contribution is -0.138. The third-order valence-electron chi connectivity index (χ3n) is 2.07. The van der Waals surface area contributed by atoms with Crippen molar-refractivity contribution < 1.29 is 9.90 Å². The monoisotopic (exact) mass is 200 g/mol. The third kappa shape index (κ3) is 1.95. The summed E-state index contributed by atoms with van der Waals surface area (Å²) < 4.78 is 0. The van der Waals surface area contributed by atoms with Crippen molar-refractivity contribution in [3.63, 3.8) is 0 Å². The molecular formula is C8H9ClN2O2. The predicted octanol–water partition coefficient (Wildman–Crippen LogP) is 1.09. The number of halogens is 1. The van der Waals surface area contributed by atoms with Crippen LogP contribution in [0.4, 0.5) is 0 Å². The molecule has 1 aliphatic rings. The van der Waals surface area contributed by atoms with E-state index in [1.54, 1.807) is 18.6 Å². The van der Waals surface area contributed by atoms with Gasteiger partial charge in [0, 0.05) is 24.5 Å². The summed E-state index contributed by atoms with van der Waals surface area (Å²) in [4.78, 5) is 18.4. The summed E-state index contributed by atoms with van der Waals surface area (Å²) in [6.45, 7) is 0. The quantitative estimate of drug-likeness (QED) is 0.776. The van der Waals surface area contributed by atoms with E-state index in [2.05, 4.69) is 9.97 Å². The van der Waals surface area contributed by atoms with Gasteiger partial charge in [-0.25, -0.2) is 0 Å². The predicted molar refractivity (Wildman–Crippen MR) is 47.8 cm³/mol. The van der Waals surface area contributed by atoms with E-state index >= 15 is 0 Å². The summed E-state index contributed by atoms with van der Waals surface area (Å²) in [6.07, 6.45) is 5.51. The van der Waals surface area contributed by atoms with Crippen LogP contribution in [-0.4, -0.2) is 21.0 Å². The fourth-order valence-electron chi connectivity index (χ4n) is 1.30. The van der Waals surface area contributed by atoms with E-state index in [0.29, 0.717) is 6.42 Å². The van der Waals surface area contributed by atoms with E-state index in [0.717, 1.165) is 5.69 Å². The maximum Gasteiger partial charge on any atom is 0.307 e. The Morgan fingerprint density at radius 3 is 2.77 bits per heavy atom. The van der Waals surface area contributed by atoms with Crippen LogP contribution in [0.1, 0.15) is 18.0 Å². The first-order chi connectivity index (χ1) is 5.79. The van der Waals surface area contributed by atoms with Crippen molar-refractivity contribution in [3.8, 4) is 0 Å².